The predicted molar refractivity (Wildman–Crippen MR) is 65.5 cm³/mol. The van der Waals surface area contributed by atoms with Crippen LogP contribution in [0.1, 0.15) is 16.8 Å². The average molecular weight is 267 g/mol. The SMILES string of the molecule is Cc1ccc(C(F)(F)F)cc1NCc1cnccn1. The summed E-state index contributed by atoms with van der Waals surface area (Å²) in [6.45, 7) is 2.08. The number of rotatable bonds is 3. The van der Waals surface area contributed by atoms with Crippen LogP contribution in [0, 0.1) is 6.92 Å². The van der Waals surface area contributed by atoms with Gasteiger partial charge in [0.2, 0.25) is 0 Å². The molecule has 2 rings (SSSR count). The lowest BCUT2D eigenvalue weighted by molar-refractivity contribution is -0.137. The molecule has 0 bridgehead atoms. The lowest BCUT2D eigenvalue weighted by atomic mass is 10.1. The quantitative estimate of drug-likeness (QED) is 0.926. The summed E-state index contributed by atoms with van der Waals surface area (Å²) in [4.78, 5) is 7.94. The number of benzene rings is 1. The second-order valence-corrected chi connectivity index (χ2v) is 4.08. The van der Waals surface area contributed by atoms with Gasteiger partial charge < -0.3 is 5.32 Å². The third-order valence-electron chi connectivity index (χ3n) is 2.64. The van der Waals surface area contributed by atoms with Gasteiger partial charge in [0, 0.05) is 18.1 Å². The average Bonchev–Trinajstić information content (AvgIpc) is 2.37. The molecule has 0 unspecified atom stereocenters. The van der Waals surface area contributed by atoms with Crippen molar-refractivity contribution in [1.29, 1.82) is 0 Å². The summed E-state index contributed by atoms with van der Waals surface area (Å²) < 4.78 is 37.8. The molecule has 0 saturated heterocycles. The van der Waals surface area contributed by atoms with Crippen LogP contribution in [0.4, 0.5) is 18.9 Å². The highest BCUT2D eigenvalue weighted by Crippen LogP contribution is 2.32. The first-order valence-electron chi connectivity index (χ1n) is 5.63. The maximum Gasteiger partial charge on any atom is 0.416 e. The Bertz CT molecular complexity index is 553. The van der Waals surface area contributed by atoms with Gasteiger partial charge in [-0.15, -0.1) is 0 Å². The molecular formula is C13H12F3N3. The third-order valence-corrected chi connectivity index (χ3v) is 2.64. The number of nitrogens with one attached hydrogen (secondary N) is 1. The van der Waals surface area contributed by atoms with Crippen LogP contribution >= 0.6 is 0 Å². The molecule has 0 saturated carbocycles. The molecule has 100 valence electrons. The van der Waals surface area contributed by atoms with E-state index in [4.69, 9.17) is 0 Å². The van der Waals surface area contributed by atoms with Crippen molar-refractivity contribution < 1.29 is 13.2 Å². The number of hydrogen-bond donors (Lipinski definition) is 1. The smallest absolute Gasteiger partial charge is 0.379 e. The number of hydrogen-bond acceptors (Lipinski definition) is 3. The van der Waals surface area contributed by atoms with Crippen LogP contribution in [-0.4, -0.2) is 9.97 Å². The fourth-order valence-electron chi connectivity index (χ4n) is 1.60. The van der Waals surface area contributed by atoms with Crippen LogP contribution in [0.2, 0.25) is 0 Å². The topological polar surface area (TPSA) is 37.8 Å². The molecule has 0 radical (unpaired) electrons. The van der Waals surface area contributed by atoms with Gasteiger partial charge >= 0.3 is 6.18 Å². The van der Waals surface area contributed by atoms with Crippen LogP contribution < -0.4 is 5.32 Å². The molecule has 6 heteroatoms. The van der Waals surface area contributed by atoms with Crippen molar-refractivity contribution in [1.82, 2.24) is 9.97 Å². The van der Waals surface area contributed by atoms with Gasteiger partial charge in [-0.2, -0.15) is 13.2 Å². The molecule has 0 amide bonds. The largest absolute Gasteiger partial charge is 0.416 e. The number of aromatic nitrogens is 2. The Morgan fingerprint density at radius 1 is 1.21 bits per heavy atom. The Labute approximate surface area is 108 Å². The number of aryl methyl sites for hydroxylation is 1. The molecule has 1 heterocycles. The lowest BCUT2D eigenvalue weighted by Crippen LogP contribution is -2.08. The van der Waals surface area contributed by atoms with Crippen LogP contribution in [0.25, 0.3) is 0 Å². The summed E-state index contributed by atoms with van der Waals surface area (Å²) in [6.07, 6.45) is 0.307. The summed E-state index contributed by atoms with van der Waals surface area (Å²) >= 11 is 0. The summed E-state index contributed by atoms with van der Waals surface area (Å²) in [5.74, 6) is 0. The minimum atomic E-state index is -4.34. The van der Waals surface area contributed by atoms with E-state index in [0.717, 1.165) is 17.7 Å². The Kier molecular flexibility index (Phi) is 3.69. The second-order valence-electron chi connectivity index (χ2n) is 4.08. The van der Waals surface area contributed by atoms with E-state index in [1.54, 1.807) is 19.3 Å². The number of halogens is 3. The maximum atomic E-state index is 12.6. The monoisotopic (exact) mass is 267 g/mol. The van der Waals surface area contributed by atoms with Crippen LogP contribution in [0.3, 0.4) is 0 Å². The molecule has 1 N–H and O–H groups in total. The van der Waals surface area contributed by atoms with Gasteiger partial charge in [-0.1, -0.05) is 6.07 Å². The van der Waals surface area contributed by atoms with Crippen molar-refractivity contribution >= 4 is 5.69 Å². The van der Waals surface area contributed by atoms with Crippen molar-refractivity contribution in [3.8, 4) is 0 Å². The van der Waals surface area contributed by atoms with E-state index < -0.39 is 11.7 Å². The van der Waals surface area contributed by atoms with E-state index >= 15 is 0 Å². The van der Waals surface area contributed by atoms with E-state index in [1.165, 1.54) is 12.3 Å². The van der Waals surface area contributed by atoms with Gasteiger partial charge in [-0.05, 0) is 24.6 Å². The molecule has 2 aromatic rings. The zero-order valence-electron chi connectivity index (χ0n) is 10.2. The molecule has 0 spiro atoms. The van der Waals surface area contributed by atoms with E-state index in [9.17, 15) is 13.2 Å². The molecule has 1 aromatic carbocycles. The number of anilines is 1. The van der Waals surface area contributed by atoms with Gasteiger partial charge in [0.05, 0.1) is 24.0 Å². The minimum Gasteiger partial charge on any atom is -0.379 e. The molecule has 3 nitrogen and oxygen atoms in total. The molecule has 0 atom stereocenters. The van der Waals surface area contributed by atoms with Gasteiger partial charge in [-0.3, -0.25) is 9.97 Å². The van der Waals surface area contributed by atoms with Crippen molar-refractivity contribution in [2.75, 3.05) is 5.32 Å². The zero-order chi connectivity index (χ0) is 13.9. The van der Waals surface area contributed by atoms with Crippen molar-refractivity contribution in [3.05, 3.63) is 53.6 Å². The maximum absolute atomic E-state index is 12.6. The van der Waals surface area contributed by atoms with Crippen LogP contribution in [0.15, 0.2) is 36.8 Å². The van der Waals surface area contributed by atoms with Gasteiger partial charge in [0.1, 0.15) is 0 Å². The van der Waals surface area contributed by atoms with Crippen LogP contribution in [0.5, 0.6) is 0 Å². The lowest BCUT2D eigenvalue weighted by Gasteiger charge is -2.13. The molecule has 0 fully saturated rings. The van der Waals surface area contributed by atoms with Gasteiger partial charge in [0.15, 0.2) is 0 Å². The van der Waals surface area contributed by atoms with Crippen molar-refractivity contribution in [3.63, 3.8) is 0 Å². The summed E-state index contributed by atoms with van der Waals surface area (Å²) in [7, 11) is 0. The number of alkyl halides is 3. The first-order valence-corrected chi connectivity index (χ1v) is 5.63. The fourth-order valence-corrected chi connectivity index (χ4v) is 1.60. The zero-order valence-corrected chi connectivity index (χ0v) is 10.2. The summed E-state index contributed by atoms with van der Waals surface area (Å²) in [5.41, 5.74) is 1.19. The summed E-state index contributed by atoms with van der Waals surface area (Å²) in [5, 5.41) is 2.94. The Hall–Kier alpha value is -2.11. The Morgan fingerprint density at radius 3 is 2.63 bits per heavy atom. The second kappa shape index (κ2) is 5.26. The highest BCUT2D eigenvalue weighted by Gasteiger charge is 2.30. The normalized spacial score (nSPS) is 11.4. The highest BCUT2D eigenvalue weighted by atomic mass is 19.4. The van der Waals surface area contributed by atoms with E-state index in [-0.39, 0.29) is 0 Å². The molecule has 0 aliphatic rings. The van der Waals surface area contributed by atoms with Crippen molar-refractivity contribution in [2.45, 2.75) is 19.6 Å². The van der Waals surface area contributed by atoms with E-state index in [2.05, 4.69) is 15.3 Å². The molecule has 0 aliphatic heterocycles. The van der Waals surface area contributed by atoms with Gasteiger partial charge in [0.25, 0.3) is 0 Å². The highest BCUT2D eigenvalue weighted by molar-refractivity contribution is 5.53. The third kappa shape index (κ3) is 3.43. The first kappa shape index (κ1) is 13.3. The van der Waals surface area contributed by atoms with Crippen LogP contribution in [-0.2, 0) is 12.7 Å². The van der Waals surface area contributed by atoms with E-state index in [1.807, 2.05) is 0 Å². The molecule has 19 heavy (non-hydrogen) atoms. The first-order chi connectivity index (χ1) is 8.97. The molecular weight excluding hydrogens is 255 g/mol. The van der Waals surface area contributed by atoms with Gasteiger partial charge in [-0.25, -0.2) is 0 Å². The Balaban J connectivity index is 2.16. The Morgan fingerprint density at radius 2 is 2.00 bits per heavy atom. The summed E-state index contributed by atoms with van der Waals surface area (Å²) in [6, 6.07) is 3.62. The van der Waals surface area contributed by atoms with E-state index in [0.29, 0.717) is 17.9 Å². The standard InChI is InChI=1S/C13H12F3N3/c1-9-2-3-10(13(14,15)16)6-12(9)19-8-11-7-17-4-5-18-11/h2-7,19H,8H2,1H3. The van der Waals surface area contributed by atoms with Crippen molar-refractivity contribution in [2.24, 2.45) is 0 Å². The predicted octanol–water partition coefficient (Wildman–Crippen LogP) is 3.42. The molecule has 1 aromatic heterocycles. The molecule has 0 aliphatic carbocycles. The fraction of sp³-hybridized carbons (Fsp3) is 0.231. The number of nitrogens with zero attached hydrogens (tertiary/aromatic N) is 2. The minimum absolute atomic E-state index is 0.329.